The largest absolute Gasteiger partial charge is 0.493 e. The average Bonchev–Trinajstić information content (AvgIpc) is 2.93. The van der Waals surface area contributed by atoms with Crippen molar-refractivity contribution in [2.75, 3.05) is 46.5 Å². The maximum atomic E-state index is 13.1. The SMILES string of the molecule is COCCN1CC=CC[C@@H](C2CCN(Cc3ccccc3OCC(C)C)CC2)C1=O. The number of ether oxygens (including phenoxy) is 2. The van der Waals surface area contributed by atoms with E-state index in [-0.39, 0.29) is 5.92 Å². The van der Waals surface area contributed by atoms with Crippen LogP contribution < -0.4 is 4.74 Å². The predicted molar refractivity (Wildman–Crippen MR) is 120 cm³/mol. The molecule has 0 bridgehead atoms. The van der Waals surface area contributed by atoms with E-state index in [1.807, 2.05) is 11.0 Å². The van der Waals surface area contributed by atoms with Gasteiger partial charge in [0.1, 0.15) is 5.75 Å². The second-order valence-corrected chi connectivity index (χ2v) is 9.02. The molecule has 0 spiro atoms. The number of nitrogens with zero attached hydrogens (tertiary/aromatic N) is 2. The third kappa shape index (κ3) is 6.32. The Morgan fingerprint density at radius 2 is 1.90 bits per heavy atom. The Labute approximate surface area is 182 Å². The standard InChI is InChI=1S/C25H38N2O3/c1-20(2)19-30-24-10-5-4-8-22(24)18-26-14-11-21(12-15-26)23-9-6-7-13-27(25(23)28)16-17-29-3/h4-8,10,20-21,23H,9,11-19H2,1-3H3/t23-/m0/s1. The molecular weight excluding hydrogens is 376 g/mol. The zero-order valence-corrected chi connectivity index (χ0v) is 18.9. The van der Waals surface area contributed by atoms with Crippen molar-refractivity contribution < 1.29 is 14.3 Å². The molecule has 2 aliphatic rings. The lowest BCUT2D eigenvalue weighted by Crippen LogP contribution is -2.43. The lowest BCUT2D eigenvalue weighted by molar-refractivity contribution is -0.137. The maximum absolute atomic E-state index is 13.1. The first kappa shape index (κ1) is 22.8. The fourth-order valence-corrected chi connectivity index (χ4v) is 4.45. The minimum Gasteiger partial charge on any atom is -0.493 e. The van der Waals surface area contributed by atoms with E-state index in [2.05, 4.69) is 49.1 Å². The predicted octanol–water partition coefficient (Wildman–Crippen LogP) is 3.98. The molecule has 0 saturated carbocycles. The third-order valence-electron chi connectivity index (χ3n) is 6.22. The highest BCUT2D eigenvalue weighted by atomic mass is 16.5. The van der Waals surface area contributed by atoms with Gasteiger partial charge in [0.2, 0.25) is 5.91 Å². The molecule has 1 fully saturated rings. The first-order valence-electron chi connectivity index (χ1n) is 11.4. The molecule has 0 unspecified atom stereocenters. The van der Waals surface area contributed by atoms with Crippen molar-refractivity contribution in [3.05, 3.63) is 42.0 Å². The van der Waals surface area contributed by atoms with Gasteiger partial charge in [-0.1, -0.05) is 44.2 Å². The van der Waals surface area contributed by atoms with Crippen LogP contribution in [0.15, 0.2) is 36.4 Å². The van der Waals surface area contributed by atoms with Gasteiger partial charge in [-0.05, 0) is 50.3 Å². The van der Waals surface area contributed by atoms with E-state index >= 15 is 0 Å². The zero-order valence-electron chi connectivity index (χ0n) is 18.9. The summed E-state index contributed by atoms with van der Waals surface area (Å²) in [6.45, 7) is 10.1. The summed E-state index contributed by atoms with van der Waals surface area (Å²) in [6.07, 6.45) is 7.37. The number of amides is 1. The highest BCUT2D eigenvalue weighted by Gasteiger charge is 2.34. The molecule has 166 valence electrons. The summed E-state index contributed by atoms with van der Waals surface area (Å²) < 4.78 is 11.2. The molecule has 5 nitrogen and oxygen atoms in total. The van der Waals surface area contributed by atoms with Gasteiger partial charge >= 0.3 is 0 Å². The smallest absolute Gasteiger partial charge is 0.226 e. The Morgan fingerprint density at radius 1 is 1.13 bits per heavy atom. The van der Waals surface area contributed by atoms with E-state index in [0.29, 0.717) is 37.4 Å². The molecule has 1 saturated heterocycles. The fourth-order valence-electron chi connectivity index (χ4n) is 4.45. The maximum Gasteiger partial charge on any atom is 0.226 e. The number of rotatable bonds is 9. The Bertz CT molecular complexity index is 695. The first-order chi connectivity index (χ1) is 14.6. The molecule has 0 aromatic heterocycles. The van der Waals surface area contributed by atoms with Gasteiger partial charge in [-0.2, -0.15) is 0 Å². The van der Waals surface area contributed by atoms with Crippen LogP contribution in [-0.2, 0) is 16.1 Å². The van der Waals surface area contributed by atoms with Crippen LogP contribution in [0.25, 0.3) is 0 Å². The van der Waals surface area contributed by atoms with E-state index < -0.39 is 0 Å². The summed E-state index contributed by atoms with van der Waals surface area (Å²) >= 11 is 0. The summed E-state index contributed by atoms with van der Waals surface area (Å²) in [5.41, 5.74) is 1.26. The van der Waals surface area contributed by atoms with Crippen LogP contribution in [0.2, 0.25) is 0 Å². The van der Waals surface area contributed by atoms with E-state index in [1.165, 1.54) is 5.56 Å². The molecule has 2 heterocycles. The van der Waals surface area contributed by atoms with Crippen LogP contribution in [-0.4, -0.2) is 62.2 Å². The first-order valence-corrected chi connectivity index (χ1v) is 11.4. The Morgan fingerprint density at radius 3 is 2.63 bits per heavy atom. The molecular formula is C25H38N2O3. The monoisotopic (exact) mass is 414 g/mol. The number of likely N-dealkylation sites (tertiary alicyclic amines) is 1. The number of methoxy groups -OCH3 is 1. The molecule has 1 amide bonds. The number of benzene rings is 1. The van der Waals surface area contributed by atoms with Gasteiger partial charge in [-0.25, -0.2) is 0 Å². The highest BCUT2D eigenvalue weighted by Crippen LogP contribution is 2.32. The van der Waals surface area contributed by atoms with E-state index in [9.17, 15) is 4.79 Å². The van der Waals surface area contributed by atoms with Crippen molar-refractivity contribution in [3.8, 4) is 5.75 Å². The van der Waals surface area contributed by atoms with E-state index in [0.717, 1.165) is 51.3 Å². The van der Waals surface area contributed by atoms with Crippen molar-refractivity contribution in [1.29, 1.82) is 0 Å². The normalized spacial score (nSPS) is 21.3. The fraction of sp³-hybridized carbons (Fsp3) is 0.640. The van der Waals surface area contributed by atoms with Crippen molar-refractivity contribution in [3.63, 3.8) is 0 Å². The minimum absolute atomic E-state index is 0.115. The Hall–Kier alpha value is -1.85. The molecule has 0 aliphatic carbocycles. The number of piperidine rings is 1. The lowest BCUT2D eigenvalue weighted by atomic mass is 9.81. The average molecular weight is 415 g/mol. The number of carbonyl (C=O) groups is 1. The van der Waals surface area contributed by atoms with Crippen molar-refractivity contribution in [2.24, 2.45) is 17.8 Å². The molecule has 2 aliphatic heterocycles. The van der Waals surface area contributed by atoms with Crippen LogP contribution in [0.5, 0.6) is 5.75 Å². The number of hydrogen-bond donors (Lipinski definition) is 0. The molecule has 1 aromatic rings. The van der Waals surface area contributed by atoms with Gasteiger partial charge in [0.15, 0.2) is 0 Å². The molecule has 1 aromatic carbocycles. The topological polar surface area (TPSA) is 42.0 Å². The summed E-state index contributed by atoms with van der Waals surface area (Å²) in [5, 5.41) is 0. The second-order valence-electron chi connectivity index (χ2n) is 9.02. The van der Waals surface area contributed by atoms with Crippen LogP contribution >= 0.6 is 0 Å². The van der Waals surface area contributed by atoms with Crippen LogP contribution in [0.4, 0.5) is 0 Å². The Balaban J connectivity index is 1.55. The second kappa shape index (κ2) is 11.5. The van der Waals surface area contributed by atoms with Crippen LogP contribution in [0.1, 0.15) is 38.7 Å². The third-order valence-corrected chi connectivity index (χ3v) is 6.22. The molecule has 5 heteroatoms. The van der Waals surface area contributed by atoms with Gasteiger partial charge in [0, 0.05) is 38.2 Å². The van der Waals surface area contributed by atoms with Crippen molar-refractivity contribution in [1.82, 2.24) is 9.80 Å². The van der Waals surface area contributed by atoms with Gasteiger partial charge in [-0.15, -0.1) is 0 Å². The number of carbonyl (C=O) groups excluding carboxylic acids is 1. The van der Waals surface area contributed by atoms with Crippen LogP contribution in [0.3, 0.4) is 0 Å². The van der Waals surface area contributed by atoms with Gasteiger partial charge < -0.3 is 14.4 Å². The Kier molecular flexibility index (Phi) is 8.76. The molecule has 30 heavy (non-hydrogen) atoms. The summed E-state index contributed by atoms with van der Waals surface area (Å²) in [7, 11) is 1.69. The van der Waals surface area contributed by atoms with Crippen molar-refractivity contribution >= 4 is 5.91 Å². The van der Waals surface area contributed by atoms with E-state index in [4.69, 9.17) is 9.47 Å². The van der Waals surface area contributed by atoms with Gasteiger partial charge in [0.05, 0.1) is 13.2 Å². The van der Waals surface area contributed by atoms with E-state index in [1.54, 1.807) is 7.11 Å². The summed E-state index contributed by atoms with van der Waals surface area (Å²) in [4.78, 5) is 17.6. The number of para-hydroxylation sites is 1. The molecule has 1 atom stereocenters. The summed E-state index contributed by atoms with van der Waals surface area (Å²) in [5.74, 6) is 2.41. The number of allylic oxidation sites excluding steroid dienone is 1. The molecule has 3 rings (SSSR count). The zero-order chi connectivity index (χ0) is 21.3. The van der Waals surface area contributed by atoms with Crippen molar-refractivity contribution in [2.45, 2.75) is 39.7 Å². The minimum atomic E-state index is 0.115. The highest BCUT2D eigenvalue weighted by molar-refractivity contribution is 5.80. The summed E-state index contributed by atoms with van der Waals surface area (Å²) in [6, 6.07) is 8.39. The lowest BCUT2D eigenvalue weighted by Gasteiger charge is -2.36. The van der Waals surface area contributed by atoms with Gasteiger partial charge in [0.25, 0.3) is 0 Å². The molecule has 0 radical (unpaired) electrons. The molecule has 0 N–H and O–H groups in total. The van der Waals surface area contributed by atoms with Gasteiger partial charge in [-0.3, -0.25) is 9.69 Å². The van der Waals surface area contributed by atoms with Crippen LogP contribution in [0, 0.1) is 17.8 Å². The number of hydrogen-bond acceptors (Lipinski definition) is 4. The quantitative estimate of drug-likeness (QED) is 0.573.